The standard InChI is InChI=1S/C17H24N2O3/c1-4-19-9-10-22-15(17(19)21)11-16(20)18-14-7-5-13(6-8-14)12(2)3/h5-8,12,15H,4,9-11H2,1-3H3,(H,18,20). The lowest BCUT2D eigenvalue weighted by atomic mass is 10.0. The zero-order chi connectivity index (χ0) is 16.1. The Morgan fingerprint density at radius 1 is 1.36 bits per heavy atom. The third-order valence-electron chi connectivity index (χ3n) is 3.88. The molecule has 0 radical (unpaired) electrons. The lowest BCUT2D eigenvalue weighted by Gasteiger charge is -2.31. The van der Waals surface area contributed by atoms with E-state index in [1.54, 1.807) is 4.90 Å². The predicted octanol–water partition coefficient (Wildman–Crippen LogP) is 2.39. The van der Waals surface area contributed by atoms with Crippen molar-refractivity contribution in [3.05, 3.63) is 29.8 Å². The largest absolute Gasteiger partial charge is 0.366 e. The second kappa shape index (κ2) is 7.40. The molecular weight excluding hydrogens is 280 g/mol. The van der Waals surface area contributed by atoms with Gasteiger partial charge < -0.3 is 15.0 Å². The quantitative estimate of drug-likeness (QED) is 0.908. The van der Waals surface area contributed by atoms with Gasteiger partial charge in [0.05, 0.1) is 13.0 Å². The first kappa shape index (κ1) is 16.5. The molecule has 0 saturated carbocycles. The van der Waals surface area contributed by atoms with Crippen LogP contribution in [0, 0.1) is 0 Å². The third-order valence-corrected chi connectivity index (χ3v) is 3.88. The summed E-state index contributed by atoms with van der Waals surface area (Å²) in [5, 5.41) is 2.82. The maximum Gasteiger partial charge on any atom is 0.252 e. The highest BCUT2D eigenvalue weighted by Gasteiger charge is 2.30. The highest BCUT2D eigenvalue weighted by Crippen LogP contribution is 2.18. The molecule has 1 fully saturated rings. The number of carbonyl (C=O) groups is 2. The number of ether oxygens (including phenoxy) is 1. The first-order valence-electron chi connectivity index (χ1n) is 7.81. The minimum atomic E-state index is -0.663. The van der Waals surface area contributed by atoms with E-state index in [2.05, 4.69) is 19.2 Å². The zero-order valence-electron chi connectivity index (χ0n) is 13.5. The van der Waals surface area contributed by atoms with Crippen LogP contribution in [0.25, 0.3) is 0 Å². The molecule has 1 N–H and O–H groups in total. The van der Waals surface area contributed by atoms with Crippen LogP contribution in [0.15, 0.2) is 24.3 Å². The van der Waals surface area contributed by atoms with E-state index < -0.39 is 6.10 Å². The van der Waals surface area contributed by atoms with Crippen LogP contribution in [0.2, 0.25) is 0 Å². The highest BCUT2D eigenvalue weighted by atomic mass is 16.5. The monoisotopic (exact) mass is 304 g/mol. The van der Waals surface area contributed by atoms with Crippen molar-refractivity contribution in [2.24, 2.45) is 0 Å². The number of likely N-dealkylation sites (N-methyl/N-ethyl adjacent to an activating group) is 1. The number of carbonyl (C=O) groups excluding carboxylic acids is 2. The molecule has 1 aromatic rings. The molecular formula is C17H24N2O3. The van der Waals surface area contributed by atoms with E-state index >= 15 is 0 Å². The molecule has 1 aliphatic heterocycles. The van der Waals surface area contributed by atoms with Gasteiger partial charge >= 0.3 is 0 Å². The highest BCUT2D eigenvalue weighted by molar-refractivity contribution is 5.95. The van der Waals surface area contributed by atoms with Gasteiger partial charge in [-0.1, -0.05) is 26.0 Å². The third kappa shape index (κ3) is 4.07. The van der Waals surface area contributed by atoms with Gasteiger partial charge in [0, 0.05) is 18.8 Å². The van der Waals surface area contributed by atoms with Crippen molar-refractivity contribution in [1.82, 2.24) is 4.90 Å². The molecule has 0 aromatic heterocycles. The zero-order valence-corrected chi connectivity index (χ0v) is 13.5. The van der Waals surface area contributed by atoms with Crippen molar-refractivity contribution >= 4 is 17.5 Å². The van der Waals surface area contributed by atoms with E-state index in [1.165, 1.54) is 5.56 Å². The molecule has 5 heteroatoms. The van der Waals surface area contributed by atoms with Gasteiger partial charge in [0.1, 0.15) is 6.10 Å². The second-order valence-corrected chi connectivity index (χ2v) is 5.81. The number of hydrogen-bond acceptors (Lipinski definition) is 3. The SMILES string of the molecule is CCN1CCOC(CC(=O)Nc2ccc(C(C)C)cc2)C1=O. The molecule has 1 heterocycles. The Morgan fingerprint density at radius 3 is 2.64 bits per heavy atom. The molecule has 0 bridgehead atoms. The smallest absolute Gasteiger partial charge is 0.252 e. The number of hydrogen-bond donors (Lipinski definition) is 1. The van der Waals surface area contributed by atoms with E-state index in [-0.39, 0.29) is 18.2 Å². The van der Waals surface area contributed by atoms with Gasteiger partial charge in [-0.3, -0.25) is 9.59 Å². The molecule has 22 heavy (non-hydrogen) atoms. The Hall–Kier alpha value is -1.88. The Labute approximate surface area is 131 Å². The van der Waals surface area contributed by atoms with Gasteiger partial charge in [-0.25, -0.2) is 0 Å². The van der Waals surface area contributed by atoms with Crippen molar-refractivity contribution in [1.29, 1.82) is 0 Å². The van der Waals surface area contributed by atoms with Gasteiger partial charge in [0.15, 0.2) is 0 Å². The summed E-state index contributed by atoms with van der Waals surface area (Å²) in [5.41, 5.74) is 1.97. The van der Waals surface area contributed by atoms with Crippen molar-refractivity contribution in [3.8, 4) is 0 Å². The van der Waals surface area contributed by atoms with Crippen LogP contribution in [0.4, 0.5) is 5.69 Å². The van der Waals surface area contributed by atoms with Gasteiger partial charge in [-0.15, -0.1) is 0 Å². The van der Waals surface area contributed by atoms with Crippen molar-refractivity contribution in [2.75, 3.05) is 25.0 Å². The summed E-state index contributed by atoms with van der Waals surface area (Å²) in [6.07, 6.45) is -0.606. The molecule has 120 valence electrons. The van der Waals surface area contributed by atoms with Crippen LogP contribution in [0.5, 0.6) is 0 Å². The molecule has 1 aromatic carbocycles. The number of benzene rings is 1. The van der Waals surface area contributed by atoms with E-state index in [1.807, 2.05) is 31.2 Å². The van der Waals surface area contributed by atoms with E-state index in [4.69, 9.17) is 4.74 Å². The predicted molar refractivity (Wildman–Crippen MR) is 85.8 cm³/mol. The van der Waals surface area contributed by atoms with Crippen LogP contribution >= 0.6 is 0 Å². The van der Waals surface area contributed by atoms with Crippen LogP contribution < -0.4 is 5.32 Å². The molecule has 2 rings (SSSR count). The summed E-state index contributed by atoms with van der Waals surface area (Å²) < 4.78 is 5.43. The van der Waals surface area contributed by atoms with Gasteiger partial charge in [-0.05, 0) is 30.5 Å². The van der Waals surface area contributed by atoms with Gasteiger partial charge in [0.25, 0.3) is 5.91 Å². The fraction of sp³-hybridized carbons (Fsp3) is 0.529. The molecule has 0 aliphatic carbocycles. The number of rotatable bonds is 5. The Balaban J connectivity index is 1.91. The van der Waals surface area contributed by atoms with E-state index in [9.17, 15) is 9.59 Å². The van der Waals surface area contributed by atoms with Gasteiger partial charge in [-0.2, -0.15) is 0 Å². The summed E-state index contributed by atoms with van der Waals surface area (Å²) in [5.74, 6) is 0.158. The summed E-state index contributed by atoms with van der Waals surface area (Å²) in [4.78, 5) is 25.9. The van der Waals surface area contributed by atoms with Crippen LogP contribution in [0.3, 0.4) is 0 Å². The topological polar surface area (TPSA) is 58.6 Å². The van der Waals surface area contributed by atoms with Crippen molar-refractivity contribution < 1.29 is 14.3 Å². The van der Waals surface area contributed by atoms with Gasteiger partial charge in [0.2, 0.25) is 5.91 Å². The average Bonchev–Trinajstić information content (AvgIpc) is 2.50. The fourth-order valence-corrected chi connectivity index (χ4v) is 2.48. The van der Waals surface area contributed by atoms with E-state index in [0.717, 1.165) is 5.69 Å². The number of anilines is 1. The van der Waals surface area contributed by atoms with E-state index in [0.29, 0.717) is 25.6 Å². The number of morpholine rings is 1. The number of amides is 2. The molecule has 5 nitrogen and oxygen atoms in total. The van der Waals surface area contributed by atoms with Crippen LogP contribution in [0.1, 0.15) is 38.7 Å². The summed E-state index contributed by atoms with van der Waals surface area (Å²) in [7, 11) is 0. The summed E-state index contributed by atoms with van der Waals surface area (Å²) in [6, 6.07) is 7.77. The summed E-state index contributed by atoms with van der Waals surface area (Å²) >= 11 is 0. The lowest BCUT2D eigenvalue weighted by molar-refractivity contribution is -0.154. The van der Waals surface area contributed by atoms with Crippen molar-refractivity contribution in [2.45, 2.75) is 39.2 Å². The van der Waals surface area contributed by atoms with Crippen LogP contribution in [-0.4, -0.2) is 42.5 Å². The Bertz CT molecular complexity index is 525. The van der Waals surface area contributed by atoms with Crippen molar-refractivity contribution in [3.63, 3.8) is 0 Å². The minimum absolute atomic E-state index is 0.0568. The molecule has 1 atom stereocenters. The molecule has 0 spiro atoms. The first-order chi connectivity index (χ1) is 10.5. The number of nitrogens with zero attached hydrogens (tertiary/aromatic N) is 1. The molecule has 1 aliphatic rings. The molecule has 1 unspecified atom stereocenters. The normalized spacial score (nSPS) is 18.6. The van der Waals surface area contributed by atoms with Crippen LogP contribution in [-0.2, 0) is 14.3 Å². The molecule has 1 saturated heterocycles. The fourth-order valence-electron chi connectivity index (χ4n) is 2.48. The summed E-state index contributed by atoms with van der Waals surface area (Å²) in [6.45, 7) is 7.91. The second-order valence-electron chi connectivity index (χ2n) is 5.81. The molecule has 2 amide bonds. The number of nitrogens with one attached hydrogen (secondary N) is 1. The lowest BCUT2D eigenvalue weighted by Crippen LogP contribution is -2.48. The first-order valence-corrected chi connectivity index (χ1v) is 7.81. The maximum absolute atomic E-state index is 12.1. The average molecular weight is 304 g/mol. The Morgan fingerprint density at radius 2 is 2.05 bits per heavy atom. The Kier molecular flexibility index (Phi) is 5.55. The maximum atomic E-state index is 12.1. The minimum Gasteiger partial charge on any atom is -0.366 e.